The first-order valence-electron chi connectivity index (χ1n) is 5.33. The van der Waals surface area contributed by atoms with Crippen LogP contribution in [0.2, 0.25) is 0 Å². The van der Waals surface area contributed by atoms with Crippen molar-refractivity contribution < 1.29 is 14.7 Å². The molecule has 0 radical (unpaired) electrons. The summed E-state index contributed by atoms with van der Waals surface area (Å²) in [5.74, 6) is -1.59. The van der Waals surface area contributed by atoms with Crippen molar-refractivity contribution >= 4 is 34.0 Å². The molecule has 1 amide bonds. The summed E-state index contributed by atoms with van der Waals surface area (Å²) in [4.78, 5) is 26.8. The number of amides is 1. The molecule has 0 fully saturated rings. The van der Waals surface area contributed by atoms with Crippen molar-refractivity contribution in [3.8, 4) is 0 Å². The number of carbonyl (C=O) groups excluding carboxylic acids is 1. The molecule has 0 saturated carbocycles. The highest BCUT2D eigenvalue weighted by atomic mass is 32.1. The lowest BCUT2D eigenvalue weighted by atomic mass is 10.1. The monoisotopic (exact) mass is 277 g/mol. The highest BCUT2D eigenvalue weighted by molar-refractivity contribution is 7.13. The van der Waals surface area contributed by atoms with Crippen molar-refractivity contribution in [3.05, 3.63) is 40.4 Å². The summed E-state index contributed by atoms with van der Waals surface area (Å²) in [5.41, 5.74) is 6.68. The van der Waals surface area contributed by atoms with Crippen LogP contribution in [0.3, 0.4) is 0 Å². The normalized spacial score (nSPS) is 10.2. The van der Waals surface area contributed by atoms with Crippen LogP contribution in [0.4, 0.5) is 10.8 Å². The predicted molar refractivity (Wildman–Crippen MR) is 72.6 cm³/mol. The van der Waals surface area contributed by atoms with Crippen LogP contribution in [0.15, 0.2) is 23.6 Å². The summed E-state index contributed by atoms with van der Waals surface area (Å²) in [5, 5.41) is 13.4. The molecular weight excluding hydrogens is 266 g/mol. The molecule has 0 saturated heterocycles. The van der Waals surface area contributed by atoms with Gasteiger partial charge in [-0.15, -0.1) is 11.3 Å². The molecule has 0 aliphatic rings. The first-order chi connectivity index (χ1) is 8.97. The number of thiazole rings is 1. The molecule has 1 heterocycles. The highest BCUT2D eigenvalue weighted by Crippen LogP contribution is 2.19. The number of nitrogen functional groups attached to an aromatic ring is 1. The maximum Gasteiger partial charge on any atom is 0.337 e. The fourth-order valence-corrected chi connectivity index (χ4v) is 2.07. The third kappa shape index (κ3) is 2.89. The van der Waals surface area contributed by atoms with Crippen molar-refractivity contribution in [3.63, 3.8) is 0 Å². The Hall–Kier alpha value is -2.41. The molecular formula is C12H11N3O3S. The Labute approximate surface area is 112 Å². The van der Waals surface area contributed by atoms with Crippen LogP contribution in [0.25, 0.3) is 0 Å². The zero-order valence-corrected chi connectivity index (χ0v) is 10.8. The molecule has 0 atom stereocenters. The van der Waals surface area contributed by atoms with E-state index in [0.29, 0.717) is 0 Å². The van der Waals surface area contributed by atoms with Gasteiger partial charge in [-0.05, 0) is 19.1 Å². The molecule has 0 spiro atoms. The van der Waals surface area contributed by atoms with E-state index in [-0.39, 0.29) is 22.1 Å². The third-order valence-electron chi connectivity index (χ3n) is 2.41. The van der Waals surface area contributed by atoms with Crippen LogP contribution in [0, 0.1) is 6.92 Å². The van der Waals surface area contributed by atoms with Crippen LogP contribution >= 0.6 is 11.3 Å². The number of hydrogen-bond donors (Lipinski definition) is 3. The van der Waals surface area contributed by atoms with Gasteiger partial charge < -0.3 is 16.2 Å². The van der Waals surface area contributed by atoms with E-state index in [9.17, 15) is 9.59 Å². The Morgan fingerprint density at radius 3 is 2.74 bits per heavy atom. The number of benzene rings is 1. The van der Waals surface area contributed by atoms with Crippen LogP contribution in [0.5, 0.6) is 0 Å². The fraction of sp³-hybridized carbons (Fsp3) is 0.0833. The summed E-state index contributed by atoms with van der Waals surface area (Å²) < 4.78 is 0. The molecule has 0 bridgehead atoms. The lowest BCUT2D eigenvalue weighted by molar-refractivity contribution is 0.0698. The van der Waals surface area contributed by atoms with E-state index < -0.39 is 11.9 Å². The summed E-state index contributed by atoms with van der Waals surface area (Å²) in [6.45, 7) is 1.78. The molecule has 0 aliphatic carbocycles. The average Bonchev–Trinajstić information content (AvgIpc) is 2.78. The third-order valence-corrected chi connectivity index (χ3v) is 3.08. The molecule has 19 heavy (non-hydrogen) atoms. The second-order valence-electron chi connectivity index (χ2n) is 3.88. The molecule has 98 valence electrons. The number of anilines is 2. The van der Waals surface area contributed by atoms with Gasteiger partial charge in [0.1, 0.15) is 5.69 Å². The first-order valence-corrected chi connectivity index (χ1v) is 6.21. The second-order valence-corrected chi connectivity index (χ2v) is 4.77. The Morgan fingerprint density at radius 1 is 1.42 bits per heavy atom. The molecule has 7 heteroatoms. The van der Waals surface area contributed by atoms with Crippen molar-refractivity contribution in [1.29, 1.82) is 0 Å². The summed E-state index contributed by atoms with van der Waals surface area (Å²) >= 11 is 1.15. The molecule has 6 nitrogen and oxygen atoms in total. The van der Waals surface area contributed by atoms with Gasteiger partial charge in [0.2, 0.25) is 0 Å². The average molecular weight is 277 g/mol. The van der Waals surface area contributed by atoms with E-state index >= 15 is 0 Å². The van der Waals surface area contributed by atoms with Gasteiger partial charge in [-0.2, -0.15) is 0 Å². The molecule has 0 unspecified atom stereocenters. The van der Waals surface area contributed by atoms with Crippen LogP contribution in [-0.4, -0.2) is 22.0 Å². The minimum Gasteiger partial charge on any atom is -0.478 e. The molecule has 2 rings (SSSR count). The minimum absolute atomic E-state index is 0.0385. The van der Waals surface area contributed by atoms with Crippen molar-refractivity contribution in [2.24, 2.45) is 0 Å². The zero-order chi connectivity index (χ0) is 14.0. The van der Waals surface area contributed by atoms with Gasteiger partial charge in [0, 0.05) is 5.38 Å². The van der Waals surface area contributed by atoms with Gasteiger partial charge in [0.15, 0.2) is 5.13 Å². The predicted octanol–water partition coefficient (Wildman–Crippen LogP) is 1.98. The molecule has 4 N–H and O–H groups in total. The standard InChI is InChI=1S/C12H11N3O3S/c1-6-2-3-8(7(4-6)11(17)18)14-10(16)9-5-19-12(13)15-9/h2-5H,1H3,(H2,13,15)(H,14,16)(H,17,18). The van der Waals surface area contributed by atoms with Crippen molar-refractivity contribution in [1.82, 2.24) is 4.98 Å². The number of nitrogens with two attached hydrogens (primary N) is 1. The number of rotatable bonds is 3. The van der Waals surface area contributed by atoms with Crippen molar-refractivity contribution in [2.45, 2.75) is 6.92 Å². The highest BCUT2D eigenvalue weighted by Gasteiger charge is 2.15. The maximum absolute atomic E-state index is 11.9. The zero-order valence-electron chi connectivity index (χ0n) is 10.0. The number of nitrogens with one attached hydrogen (secondary N) is 1. The lowest BCUT2D eigenvalue weighted by Crippen LogP contribution is -2.15. The second kappa shape index (κ2) is 5.07. The number of aromatic carboxylic acids is 1. The van der Waals surface area contributed by atoms with Gasteiger partial charge in [-0.3, -0.25) is 4.79 Å². The number of hydrogen-bond acceptors (Lipinski definition) is 5. The van der Waals surface area contributed by atoms with Crippen LogP contribution < -0.4 is 11.1 Å². The Bertz CT molecular complexity index is 651. The van der Waals surface area contributed by atoms with Crippen molar-refractivity contribution in [2.75, 3.05) is 11.1 Å². The van der Waals surface area contributed by atoms with E-state index in [2.05, 4.69) is 10.3 Å². The number of nitrogens with zero attached hydrogens (tertiary/aromatic N) is 1. The molecule has 1 aromatic heterocycles. The molecule has 1 aromatic carbocycles. The van der Waals surface area contributed by atoms with Crippen LogP contribution in [0.1, 0.15) is 26.4 Å². The van der Waals surface area contributed by atoms with Gasteiger partial charge in [-0.1, -0.05) is 11.6 Å². The topological polar surface area (TPSA) is 105 Å². The SMILES string of the molecule is Cc1ccc(NC(=O)c2csc(N)n2)c(C(=O)O)c1. The maximum atomic E-state index is 11.9. The first kappa shape index (κ1) is 13.0. The Balaban J connectivity index is 2.28. The number of carbonyl (C=O) groups is 2. The number of aryl methyl sites for hydroxylation is 1. The van der Waals surface area contributed by atoms with E-state index in [0.717, 1.165) is 16.9 Å². The minimum atomic E-state index is -1.10. The van der Waals surface area contributed by atoms with Gasteiger partial charge >= 0.3 is 5.97 Å². The number of carboxylic acid groups (broad SMARTS) is 1. The summed E-state index contributed by atoms with van der Waals surface area (Å²) in [6.07, 6.45) is 0. The Morgan fingerprint density at radius 2 is 2.16 bits per heavy atom. The Kier molecular flexibility index (Phi) is 3.48. The quantitative estimate of drug-likeness (QED) is 0.795. The largest absolute Gasteiger partial charge is 0.478 e. The number of carboxylic acids is 1. The van der Waals surface area contributed by atoms with E-state index in [1.807, 2.05) is 0 Å². The lowest BCUT2D eigenvalue weighted by Gasteiger charge is -2.08. The number of aromatic nitrogens is 1. The van der Waals surface area contributed by atoms with Crippen LogP contribution in [-0.2, 0) is 0 Å². The van der Waals surface area contributed by atoms with E-state index in [1.165, 1.54) is 11.4 Å². The molecule has 0 aliphatic heterocycles. The fourth-order valence-electron chi connectivity index (χ4n) is 1.52. The summed E-state index contributed by atoms with van der Waals surface area (Å²) in [7, 11) is 0. The molecule has 2 aromatic rings. The summed E-state index contributed by atoms with van der Waals surface area (Å²) in [6, 6.07) is 4.76. The van der Waals surface area contributed by atoms with Gasteiger partial charge in [-0.25, -0.2) is 9.78 Å². The van der Waals surface area contributed by atoms with E-state index in [4.69, 9.17) is 10.8 Å². The van der Waals surface area contributed by atoms with Gasteiger partial charge in [0.05, 0.1) is 11.3 Å². The smallest absolute Gasteiger partial charge is 0.337 e. The van der Waals surface area contributed by atoms with Gasteiger partial charge in [0.25, 0.3) is 5.91 Å². The van der Waals surface area contributed by atoms with E-state index in [1.54, 1.807) is 19.1 Å².